The zero-order valence-corrected chi connectivity index (χ0v) is 16.2. The van der Waals surface area contributed by atoms with Crippen molar-refractivity contribution < 1.29 is 9.47 Å². The second kappa shape index (κ2) is 8.39. The molecule has 1 aromatic carbocycles. The average molecular weight is 368 g/mol. The summed E-state index contributed by atoms with van der Waals surface area (Å²) in [5, 5.41) is 8.67. The Morgan fingerprint density at radius 3 is 2.85 bits per heavy atom. The van der Waals surface area contributed by atoms with Crippen molar-refractivity contribution >= 4 is 17.2 Å². The summed E-state index contributed by atoms with van der Waals surface area (Å²) in [7, 11) is 1.75. The number of piperidine rings is 1. The minimum Gasteiger partial charge on any atom is -0.491 e. The molecule has 3 N–H and O–H groups in total. The largest absolute Gasteiger partial charge is 0.491 e. The lowest BCUT2D eigenvalue weighted by Crippen LogP contribution is -2.39. The summed E-state index contributed by atoms with van der Waals surface area (Å²) in [6, 6.07) is 9.26. The molecule has 1 fully saturated rings. The average Bonchev–Trinajstić information content (AvgIpc) is 2.68. The molecule has 6 heteroatoms. The number of nitrogens with two attached hydrogens (primary N) is 1. The van der Waals surface area contributed by atoms with Gasteiger partial charge in [-0.3, -0.25) is 5.41 Å². The fourth-order valence-electron chi connectivity index (χ4n) is 3.34. The minimum atomic E-state index is 0.0658. The standard InChI is InChI=1S/C21H28N4O2/c1-14(2)27-16-6-7-19(22)18(12-16)21(23)15-8-9-24-20(11-15)25-10-4-5-17(13-25)26-3/h6-9,11-12,14,17,23H,4-5,10,13,22H2,1-3H3. The van der Waals surface area contributed by atoms with Crippen LogP contribution in [0.5, 0.6) is 5.75 Å². The predicted octanol–water partition coefficient (Wildman–Crippen LogP) is 3.48. The van der Waals surface area contributed by atoms with Crippen LogP contribution in [0.15, 0.2) is 36.5 Å². The Labute approximate surface area is 160 Å². The van der Waals surface area contributed by atoms with E-state index in [1.165, 1.54) is 0 Å². The summed E-state index contributed by atoms with van der Waals surface area (Å²) in [6.07, 6.45) is 4.19. The molecule has 144 valence electrons. The van der Waals surface area contributed by atoms with Gasteiger partial charge in [-0.05, 0) is 57.0 Å². The van der Waals surface area contributed by atoms with E-state index in [1.54, 1.807) is 19.4 Å². The van der Waals surface area contributed by atoms with Crippen molar-refractivity contribution in [2.24, 2.45) is 0 Å². The summed E-state index contributed by atoms with van der Waals surface area (Å²) in [5.41, 5.74) is 8.52. The van der Waals surface area contributed by atoms with Crippen LogP contribution in [0.1, 0.15) is 37.8 Å². The number of pyridine rings is 1. The summed E-state index contributed by atoms with van der Waals surface area (Å²) in [5.74, 6) is 1.58. The van der Waals surface area contributed by atoms with E-state index in [-0.39, 0.29) is 12.2 Å². The highest BCUT2D eigenvalue weighted by Crippen LogP contribution is 2.25. The summed E-state index contributed by atoms with van der Waals surface area (Å²) in [4.78, 5) is 6.72. The van der Waals surface area contributed by atoms with E-state index in [9.17, 15) is 0 Å². The van der Waals surface area contributed by atoms with Gasteiger partial charge in [-0.1, -0.05) is 0 Å². The van der Waals surface area contributed by atoms with E-state index < -0.39 is 0 Å². The quantitative estimate of drug-likeness (QED) is 0.602. The summed E-state index contributed by atoms with van der Waals surface area (Å²) < 4.78 is 11.3. The Hall–Kier alpha value is -2.60. The van der Waals surface area contributed by atoms with Crippen LogP contribution in [0.25, 0.3) is 0 Å². The molecule has 2 heterocycles. The lowest BCUT2D eigenvalue weighted by Gasteiger charge is -2.32. The number of hydrogen-bond donors (Lipinski definition) is 2. The molecule has 1 unspecified atom stereocenters. The van der Waals surface area contributed by atoms with E-state index in [2.05, 4.69) is 9.88 Å². The summed E-state index contributed by atoms with van der Waals surface area (Å²) in [6.45, 7) is 5.72. The van der Waals surface area contributed by atoms with Crippen LogP contribution in [0, 0.1) is 5.41 Å². The number of methoxy groups -OCH3 is 1. The summed E-state index contributed by atoms with van der Waals surface area (Å²) >= 11 is 0. The maximum absolute atomic E-state index is 8.67. The van der Waals surface area contributed by atoms with Crippen LogP contribution in [0.4, 0.5) is 11.5 Å². The third-order valence-corrected chi connectivity index (χ3v) is 4.74. The zero-order valence-electron chi connectivity index (χ0n) is 16.2. The maximum Gasteiger partial charge on any atom is 0.129 e. The molecule has 0 bridgehead atoms. The van der Waals surface area contributed by atoms with Gasteiger partial charge in [-0.2, -0.15) is 0 Å². The first kappa shape index (κ1) is 19.2. The first-order valence-corrected chi connectivity index (χ1v) is 9.37. The van der Waals surface area contributed by atoms with Crippen molar-refractivity contribution in [3.8, 4) is 5.75 Å². The van der Waals surface area contributed by atoms with Crippen LogP contribution in [0.3, 0.4) is 0 Å². The van der Waals surface area contributed by atoms with Crippen LogP contribution in [-0.2, 0) is 4.74 Å². The number of nitrogens with zero attached hydrogens (tertiary/aromatic N) is 2. The SMILES string of the molecule is COC1CCCN(c2cc(C(=N)c3cc(OC(C)C)ccc3N)ccn2)C1. The molecule has 1 aliphatic heterocycles. The van der Waals surface area contributed by atoms with Gasteiger partial charge < -0.3 is 20.1 Å². The second-order valence-electron chi connectivity index (χ2n) is 7.14. The third-order valence-electron chi connectivity index (χ3n) is 4.74. The number of nitrogen functional groups attached to an aromatic ring is 1. The Morgan fingerprint density at radius 1 is 1.30 bits per heavy atom. The molecule has 0 aliphatic carbocycles. The lowest BCUT2D eigenvalue weighted by molar-refractivity contribution is 0.0891. The molecule has 6 nitrogen and oxygen atoms in total. The molecule has 2 aromatic rings. The van der Waals surface area contributed by atoms with Gasteiger partial charge in [0.15, 0.2) is 0 Å². The van der Waals surface area contributed by atoms with Crippen LogP contribution < -0.4 is 15.4 Å². The first-order chi connectivity index (χ1) is 13.0. The topological polar surface area (TPSA) is 84.5 Å². The molecule has 1 aliphatic rings. The lowest BCUT2D eigenvalue weighted by atomic mass is 10.0. The van der Waals surface area contributed by atoms with Gasteiger partial charge in [0.25, 0.3) is 0 Å². The highest BCUT2D eigenvalue weighted by atomic mass is 16.5. The number of benzene rings is 1. The molecular formula is C21H28N4O2. The van der Waals surface area contributed by atoms with E-state index in [0.29, 0.717) is 22.7 Å². The van der Waals surface area contributed by atoms with E-state index in [1.807, 2.05) is 38.1 Å². The van der Waals surface area contributed by atoms with Gasteiger partial charge in [0.2, 0.25) is 0 Å². The molecule has 0 saturated carbocycles. The predicted molar refractivity (Wildman–Crippen MR) is 109 cm³/mol. The van der Waals surface area contributed by atoms with Crippen LogP contribution in [-0.4, -0.2) is 43.1 Å². The van der Waals surface area contributed by atoms with Crippen molar-refractivity contribution in [1.82, 2.24) is 4.98 Å². The van der Waals surface area contributed by atoms with Crippen molar-refractivity contribution in [3.05, 3.63) is 47.7 Å². The van der Waals surface area contributed by atoms with Crippen LogP contribution in [0.2, 0.25) is 0 Å². The van der Waals surface area contributed by atoms with Gasteiger partial charge in [0, 0.05) is 43.2 Å². The molecule has 1 atom stereocenters. The fraction of sp³-hybridized carbons (Fsp3) is 0.429. The molecule has 1 aromatic heterocycles. The van der Waals surface area contributed by atoms with E-state index in [4.69, 9.17) is 20.6 Å². The molecule has 1 saturated heterocycles. The van der Waals surface area contributed by atoms with Gasteiger partial charge in [0.05, 0.1) is 17.9 Å². The van der Waals surface area contributed by atoms with Crippen LogP contribution >= 0.6 is 0 Å². The van der Waals surface area contributed by atoms with Crippen molar-refractivity contribution in [2.75, 3.05) is 30.8 Å². The molecular weight excluding hydrogens is 340 g/mol. The molecule has 3 rings (SSSR count). The highest BCUT2D eigenvalue weighted by Gasteiger charge is 2.21. The van der Waals surface area contributed by atoms with Gasteiger partial charge in [-0.15, -0.1) is 0 Å². The fourth-order valence-corrected chi connectivity index (χ4v) is 3.34. The Bertz CT molecular complexity index is 807. The molecule has 27 heavy (non-hydrogen) atoms. The number of ether oxygens (including phenoxy) is 2. The first-order valence-electron chi connectivity index (χ1n) is 9.37. The smallest absolute Gasteiger partial charge is 0.129 e. The number of anilines is 2. The van der Waals surface area contributed by atoms with Crippen molar-refractivity contribution in [3.63, 3.8) is 0 Å². The normalized spacial score (nSPS) is 17.2. The van der Waals surface area contributed by atoms with Crippen molar-refractivity contribution in [2.45, 2.75) is 38.9 Å². The maximum atomic E-state index is 8.67. The number of aromatic nitrogens is 1. The molecule has 0 spiro atoms. The molecule has 0 amide bonds. The minimum absolute atomic E-state index is 0.0658. The number of rotatable bonds is 6. The van der Waals surface area contributed by atoms with E-state index in [0.717, 1.165) is 37.3 Å². The van der Waals surface area contributed by atoms with Crippen molar-refractivity contribution in [1.29, 1.82) is 5.41 Å². The van der Waals surface area contributed by atoms with Gasteiger partial charge in [0.1, 0.15) is 11.6 Å². The Kier molecular flexibility index (Phi) is 5.96. The Balaban J connectivity index is 1.85. The zero-order chi connectivity index (χ0) is 19.4. The second-order valence-corrected chi connectivity index (χ2v) is 7.14. The Morgan fingerprint density at radius 2 is 2.11 bits per heavy atom. The van der Waals surface area contributed by atoms with Gasteiger partial charge >= 0.3 is 0 Å². The number of nitrogens with one attached hydrogen (secondary N) is 1. The van der Waals surface area contributed by atoms with Gasteiger partial charge in [-0.25, -0.2) is 4.98 Å². The molecule has 0 radical (unpaired) electrons. The number of hydrogen-bond acceptors (Lipinski definition) is 6. The highest BCUT2D eigenvalue weighted by molar-refractivity contribution is 6.14. The monoisotopic (exact) mass is 368 g/mol. The third kappa shape index (κ3) is 4.57. The van der Waals surface area contributed by atoms with E-state index >= 15 is 0 Å².